The predicted octanol–water partition coefficient (Wildman–Crippen LogP) is 10.5. The van der Waals surface area contributed by atoms with Gasteiger partial charge in [0.25, 0.3) is 0 Å². The van der Waals surface area contributed by atoms with Gasteiger partial charge in [-0.1, -0.05) is 26.7 Å². The maximum absolute atomic E-state index is 11.5. The van der Waals surface area contributed by atoms with Gasteiger partial charge < -0.3 is 25.5 Å². The maximum atomic E-state index is 11.5. The number of ketones is 16. The van der Waals surface area contributed by atoms with Crippen molar-refractivity contribution in [1.82, 2.24) is 118 Å². The predicted molar refractivity (Wildman–Crippen MR) is 516 cm³/mol. The van der Waals surface area contributed by atoms with E-state index in [-0.39, 0.29) is 104 Å². The van der Waals surface area contributed by atoms with Gasteiger partial charge in [-0.25, -0.2) is 4.79 Å². The van der Waals surface area contributed by atoms with Crippen molar-refractivity contribution in [2.24, 2.45) is 5.92 Å². The second-order valence-corrected chi connectivity index (χ2v) is 35.3. The van der Waals surface area contributed by atoms with Crippen molar-refractivity contribution in [2.75, 3.05) is 0 Å². The number of carbonyl (C=O) groups excluding carboxylic acids is 16. The Labute approximate surface area is 829 Å². The van der Waals surface area contributed by atoms with Crippen LogP contribution in [0.1, 0.15) is 404 Å². The Morgan fingerprint density at radius 2 is 0.559 bits per heavy atom. The quantitative estimate of drug-likeness (QED) is 0.0519. The molecule has 0 saturated heterocycles. The van der Waals surface area contributed by atoms with Crippen LogP contribution in [0.2, 0.25) is 0 Å². The fraction of sp³-hybridized carbons (Fsp3) is 0.404. The zero-order valence-electron chi connectivity index (χ0n) is 83.0. The summed E-state index contributed by atoms with van der Waals surface area (Å²) in [6, 6.07) is 19.6. The molecule has 10 aliphatic heterocycles. The fourth-order valence-electron chi connectivity index (χ4n) is 15.9. The number of Topliss-reactive ketones (excluding diaryl/α,β-unsaturated/α-hetero) is 16. The summed E-state index contributed by atoms with van der Waals surface area (Å²) in [7, 11) is 0. The zero-order valence-corrected chi connectivity index (χ0v) is 83.0. The number of allylic oxidation sites excluding steroid dienone is 3. The maximum Gasteiger partial charge on any atom is 0.356 e. The van der Waals surface area contributed by atoms with E-state index in [0.717, 1.165) is 95.5 Å². The monoisotopic (exact) mass is 1990 g/mol. The van der Waals surface area contributed by atoms with E-state index in [2.05, 4.69) is 86.0 Å². The molecule has 762 valence electrons. The molecular weight excluding hydrogens is 1880 g/mol. The molecule has 0 aliphatic carbocycles. The number of aliphatic hydroxyl groups is 4. The molecule has 46 nitrogen and oxygen atoms in total. The summed E-state index contributed by atoms with van der Waals surface area (Å²) in [4.78, 5) is 186. The second-order valence-electron chi connectivity index (χ2n) is 35.3. The number of hydrogen-bond donors (Lipinski definition) is 6. The van der Waals surface area contributed by atoms with Gasteiger partial charge in [0.05, 0.1) is 70.8 Å². The third-order valence-corrected chi connectivity index (χ3v) is 24.1. The number of H-pyrrole nitrogens is 1. The van der Waals surface area contributed by atoms with Crippen molar-refractivity contribution in [3.05, 3.63) is 229 Å². The number of aromatic carboxylic acids is 1. The molecule has 22 rings (SSSR count). The Bertz CT molecular complexity index is 6470. The molecular formula is C99H114N24O22. The molecule has 6 N–H and O–H groups in total. The van der Waals surface area contributed by atoms with Crippen LogP contribution in [0.3, 0.4) is 0 Å². The van der Waals surface area contributed by atoms with Crippen LogP contribution in [0.15, 0.2) is 92.5 Å². The van der Waals surface area contributed by atoms with E-state index in [0.29, 0.717) is 182 Å². The molecule has 0 saturated carbocycles. The van der Waals surface area contributed by atoms with Crippen LogP contribution >= 0.6 is 0 Å². The number of nitrogens with zero attached hydrogens (tertiary/aromatic N) is 23. The molecule has 0 radical (unpaired) electrons. The van der Waals surface area contributed by atoms with Gasteiger partial charge in [0, 0.05) is 180 Å². The number of aromatic nitrogens is 24. The number of fused-ring (bicyclic) bond motifs is 10. The van der Waals surface area contributed by atoms with E-state index in [4.69, 9.17) is 5.11 Å². The van der Waals surface area contributed by atoms with Crippen LogP contribution in [0.4, 0.5) is 0 Å². The molecule has 5 unspecified atom stereocenters. The first kappa shape index (κ1) is 109. The largest absolute Gasteiger partial charge is 0.476 e. The van der Waals surface area contributed by atoms with Gasteiger partial charge in [-0.05, 0) is 135 Å². The number of carboxylic acids is 1. The summed E-state index contributed by atoms with van der Waals surface area (Å²) in [6.45, 7) is 42.3. The van der Waals surface area contributed by atoms with Crippen LogP contribution < -0.4 is 0 Å². The summed E-state index contributed by atoms with van der Waals surface area (Å²) < 4.78 is 18.5. The lowest BCUT2D eigenvalue weighted by Gasteiger charge is -1.98. The summed E-state index contributed by atoms with van der Waals surface area (Å²) in [5.41, 5.74) is 16.5. The minimum atomic E-state index is -1.09. The molecule has 12 aromatic rings. The van der Waals surface area contributed by atoms with Gasteiger partial charge in [0.15, 0.2) is 98.2 Å². The van der Waals surface area contributed by atoms with Gasteiger partial charge in [-0.3, -0.25) is 133 Å². The summed E-state index contributed by atoms with van der Waals surface area (Å²) in [5, 5.41) is 96.7. The molecule has 22 heterocycles. The van der Waals surface area contributed by atoms with Crippen molar-refractivity contribution in [2.45, 2.75) is 258 Å². The lowest BCUT2D eigenvalue weighted by Crippen LogP contribution is -2.06. The van der Waals surface area contributed by atoms with Gasteiger partial charge >= 0.3 is 5.97 Å². The molecule has 12 aromatic heterocycles. The first-order valence-electron chi connectivity index (χ1n) is 46.5. The van der Waals surface area contributed by atoms with E-state index in [9.17, 15) is 102 Å². The first-order valence-corrected chi connectivity index (χ1v) is 46.5. The minimum absolute atomic E-state index is 0.00325. The Kier molecular flexibility index (Phi) is 35.5. The third kappa shape index (κ3) is 26.6. The highest BCUT2D eigenvalue weighted by atomic mass is 16.4. The summed E-state index contributed by atoms with van der Waals surface area (Å²) >= 11 is 0. The van der Waals surface area contributed by atoms with Crippen LogP contribution in [-0.2, 0) is 72.0 Å². The van der Waals surface area contributed by atoms with Crippen LogP contribution in [-0.4, -0.2) is 242 Å². The number of carbonyl (C=O) groups is 17. The average molecular weight is 1990 g/mol. The molecule has 10 aliphatic rings. The van der Waals surface area contributed by atoms with E-state index in [1.165, 1.54) is 113 Å². The van der Waals surface area contributed by atoms with E-state index in [1.807, 2.05) is 46.1 Å². The number of hydrogen-bond acceptors (Lipinski definition) is 33. The average Bonchev–Trinajstić information content (AvgIpc) is 1.62. The number of aryl methyl sites for hydroxylation is 10. The van der Waals surface area contributed by atoms with Crippen molar-refractivity contribution < 1.29 is 107 Å². The van der Waals surface area contributed by atoms with Crippen molar-refractivity contribution in [1.29, 1.82) is 0 Å². The lowest BCUT2D eigenvalue weighted by atomic mass is 10.1. The molecule has 46 heteroatoms. The van der Waals surface area contributed by atoms with Crippen molar-refractivity contribution >= 4 is 115 Å². The highest BCUT2D eigenvalue weighted by Crippen LogP contribution is 2.33. The Balaban J connectivity index is 0.000000151. The van der Waals surface area contributed by atoms with Crippen LogP contribution in [0.5, 0.6) is 0 Å². The van der Waals surface area contributed by atoms with Gasteiger partial charge in [0.1, 0.15) is 91.1 Å². The minimum Gasteiger partial charge on any atom is -0.476 e. The van der Waals surface area contributed by atoms with E-state index >= 15 is 0 Å². The number of nitrogens with one attached hydrogen (secondary N) is 1. The molecule has 0 fully saturated rings. The van der Waals surface area contributed by atoms with Gasteiger partial charge in [0.2, 0.25) is 0 Å². The topological polar surface area (TPSA) is 616 Å². The summed E-state index contributed by atoms with van der Waals surface area (Å²) in [6.07, 6.45) is 4.90. The molecule has 0 aromatic carbocycles. The van der Waals surface area contributed by atoms with Crippen LogP contribution in [0.25, 0.3) is 16.7 Å². The summed E-state index contributed by atoms with van der Waals surface area (Å²) in [5.74, 6) is -1.75. The highest BCUT2D eigenvalue weighted by molar-refractivity contribution is 6.04. The SMILES string of the molecule is C=C1CCn2nc(C(C)=O)cc21.C=C1CCn2nc(C(C)=O)cc21.C=C1CCn2nc(C(C)=O)cc21.CC(=O)c1cc(C(C)=O)[nH]n1.CC(=O)c1cc2n(n1)CC(C)C2=O.CC(=O)c1cc2n(n1)CCC2=O.CC(=O)c1cc2n(n1)CCC2O.CC(=O)c1cc2n(n1)CCC2O.CC(=O)c1cc2n(n1)CCC2O.CC(=O)c1cc2n(n1)CCC2O.CCn1nc(C(C)=O)cc1C(C)=O.O=C(O)c1cc2n(n1)CCC2=O. The fourth-order valence-corrected chi connectivity index (χ4v) is 15.9. The van der Waals surface area contributed by atoms with E-state index < -0.39 is 30.4 Å². The number of carboxylic acid groups (broad SMARTS) is 1. The molecule has 0 bridgehead atoms. The Morgan fingerprint density at radius 3 is 0.800 bits per heavy atom. The second kappa shape index (κ2) is 47.1. The number of rotatable bonds is 15. The molecule has 0 spiro atoms. The molecule has 0 amide bonds. The highest BCUT2D eigenvalue weighted by Gasteiger charge is 2.33. The number of aromatic amines is 1. The Morgan fingerprint density at radius 1 is 0.303 bits per heavy atom. The lowest BCUT2D eigenvalue weighted by molar-refractivity contribution is 0.0686. The Hall–Kier alpha value is -16.2. The van der Waals surface area contributed by atoms with Gasteiger partial charge in [-0.2, -0.15) is 61.2 Å². The zero-order chi connectivity index (χ0) is 106. The van der Waals surface area contributed by atoms with Crippen molar-refractivity contribution in [3.8, 4) is 0 Å². The van der Waals surface area contributed by atoms with Gasteiger partial charge in [-0.15, -0.1) is 0 Å². The normalized spacial score (nSPS) is 16.6. The van der Waals surface area contributed by atoms with Crippen molar-refractivity contribution in [3.63, 3.8) is 0 Å². The standard InChI is InChI=1S/C9H10N2O2.C9H12N2O2.3C9H10N2O.4C8H10N2O2.C8H8N2O2.C7H6N2O3.C7H8N2O2/c1-5-4-11-8(9(5)13)3-7(10-11)6(2)12;1-4-11-9(7(3)13)5-8(10-11)6(2)12;3*1-6-3-4-11-9(6)5-8(10-11)7(2)12;5*1-5(11)6-4-7-8(12)2-3-10(7)9-6;10-6-1-2-9-5(6)3-4(8-9)7(11)12;1-4(10)6-3-7(5(2)11)9-8-6/h3,5H,4H2,1-2H3;5H,4H2,1-3H3;3*5H,1,3-4H2,2H3;4*4,8,12H,2-3H2,1H3;4H,2-3H2,1H3;3H,1-2H2,(H,11,12);3H,1-2H3,(H,8,9). The molecule has 5 atom stereocenters. The first-order chi connectivity index (χ1) is 68.4. The van der Waals surface area contributed by atoms with Crippen LogP contribution in [0, 0.1) is 5.92 Å². The number of aliphatic hydroxyl groups excluding tert-OH is 4. The third-order valence-electron chi connectivity index (χ3n) is 24.1. The molecule has 145 heavy (non-hydrogen) atoms. The smallest absolute Gasteiger partial charge is 0.356 e. The van der Waals surface area contributed by atoms with E-state index in [1.54, 1.807) is 69.2 Å².